The van der Waals surface area contributed by atoms with E-state index in [1.54, 1.807) is 0 Å². The predicted molar refractivity (Wildman–Crippen MR) is 113 cm³/mol. The van der Waals surface area contributed by atoms with Crippen molar-refractivity contribution in [3.8, 4) is 0 Å². The van der Waals surface area contributed by atoms with Gasteiger partial charge in [0.15, 0.2) is 5.78 Å². The lowest BCUT2D eigenvalue weighted by molar-refractivity contribution is -0.115. The first kappa shape index (κ1) is 20.8. The minimum atomic E-state index is -0.526. The fourth-order valence-electron chi connectivity index (χ4n) is 4.25. The number of benzene rings is 1. The number of carbonyl (C=O) groups is 1. The van der Waals surface area contributed by atoms with E-state index in [-0.39, 0.29) is 23.7 Å². The number of ketones is 1. The second-order valence-corrected chi connectivity index (χ2v) is 8.39. The second kappa shape index (κ2) is 9.49. The van der Waals surface area contributed by atoms with Gasteiger partial charge in [0.25, 0.3) is 0 Å². The highest BCUT2D eigenvalue weighted by Gasteiger charge is 2.32. The Morgan fingerprint density at radius 1 is 1.00 bits per heavy atom. The minimum absolute atomic E-state index is 0.0385. The molecule has 0 saturated heterocycles. The summed E-state index contributed by atoms with van der Waals surface area (Å²) in [4.78, 5) is 12.6. The highest BCUT2D eigenvalue weighted by Crippen LogP contribution is 2.36. The van der Waals surface area contributed by atoms with E-state index in [2.05, 4.69) is 51.1 Å². The van der Waals surface area contributed by atoms with Crippen LogP contribution in [-0.2, 0) is 16.1 Å². The molecule has 0 heterocycles. The summed E-state index contributed by atoms with van der Waals surface area (Å²) in [6.45, 7) is 6.87. The third-order valence-corrected chi connectivity index (χ3v) is 5.78. The Balaban J connectivity index is 1.86. The van der Waals surface area contributed by atoms with Crippen molar-refractivity contribution in [1.29, 1.82) is 0 Å². The lowest BCUT2D eigenvalue weighted by atomic mass is 9.89. The van der Waals surface area contributed by atoms with E-state index >= 15 is 0 Å². The summed E-state index contributed by atoms with van der Waals surface area (Å²) in [7, 11) is 0. The molecule has 3 nitrogen and oxygen atoms in total. The quantitative estimate of drug-likeness (QED) is 0.749. The van der Waals surface area contributed by atoms with Crippen LogP contribution in [0.15, 0.2) is 65.8 Å². The Morgan fingerprint density at radius 2 is 1.75 bits per heavy atom. The molecular formula is C25H32O3. The molecule has 0 aromatic heterocycles. The molecule has 2 aliphatic carbocycles. The highest BCUT2D eigenvalue weighted by atomic mass is 16.5. The third-order valence-electron chi connectivity index (χ3n) is 5.78. The van der Waals surface area contributed by atoms with E-state index in [1.165, 1.54) is 0 Å². The number of rotatable bonds is 3. The smallest absolute Gasteiger partial charge is 0.160 e. The van der Waals surface area contributed by atoms with Gasteiger partial charge in [-0.05, 0) is 41.7 Å². The average Bonchev–Trinajstić information content (AvgIpc) is 2.95. The van der Waals surface area contributed by atoms with Crippen molar-refractivity contribution in [2.45, 2.75) is 58.8 Å². The molecule has 0 unspecified atom stereocenters. The summed E-state index contributed by atoms with van der Waals surface area (Å²) in [5.41, 5.74) is 3.17. The molecule has 2 aliphatic rings. The zero-order valence-corrected chi connectivity index (χ0v) is 17.2. The predicted octanol–water partition coefficient (Wildman–Crippen LogP) is 5.02. The zero-order chi connectivity index (χ0) is 20.1. The van der Waals surface area contributed by atoms with Crippen LogP contribution in [0.3, 0.4) is 0 Å². The van der Waals surface area contributed by atoms with E-state index in [4.69, 9.17) is 4.74 Å². The Kier molecular flexibility index (Phi) is 7.03. The van der Waals surface area contributed by atoms with E-state index in [0.29, 0.717) is 25.4 Å². The summed E-state index contributed by atoms with van der Waals surface area (Å²) in [6, 6.07) is 10.2. The summed E-state index contributed by atoms with van der Waals surface area (Å²) in [5.74, 6) is 0.799. The molecule has 1 aromatic rings. The molecule has 3 heteroatoms. The maximum atomic E-state index is 12.6. The van der Waals surface area contributed by atoms with Gasteiger partial charge in [-0.25, -0.2) is 0 Å². The number of hydrogen-bond acceptors (Lipinski definition) is 3. The van der Waals surface area contributed by atoms with Crippen LogP contribution in [0.4, 0.5) is 0 Å². The molecule has 0 aliphatic heterocycles. The fraction of sp³-hybridized carbons (Fsp3) is 0.480. The molecular weight excluding hydrogens is 348 g/mol. The van der Waals surface area contributed by atoms with E-state index < -0.39 is 6.10 Å². The van der Waals surface area contributed by atoms with Crippen molar-refractivity contribution in [2.24, 2.45) is 17.8 Å². The molecule has 0 radical (unpaired) electrons. The summed E-state index contributed by atoms with van der Waals surface area (Å²) < 4.78 is 6.22. The van der Waals surface area contributed by atoms with Crippen molar-refractivity contribution in [2.75, 3.05) is 0 Å². The van der Waals surface area contributed by atoms with Gasteiger partial charge in [0.1, 0.15) is 0 Å². The van der Waals surface area contributed by atoms with E-state index in [1.807, 2.05) is 24.3 Å². The molecule has 0 fully saturated rings. The van der Waals surface area contributed by atoms with Gasteiger partial charge in [0.05, 0.1) is 18.8 Å². The summed E-state index contributed by atoms with van der Waals surface area (Å²) in [6.07, 6.45) is 9.62. The van der Waals surface area contributed by atoms with Gasteiger partial charge in [-0.1, -0.05) is 75.4 Å². The van der Waals surface area contributed by atoms with Crippen LogP contribution in [0.5, 0.6) is 0 Å². The average molecular weight is 381 g/mol. The number of hydrogen-bond donors (Lipinski definition) is 1. The molecule has 28 heavy (non-hydrogen) atoms. The van der Waals surface area contributed by atoms with Crippen LogP contribution in [0.25, 0.3) is 0 Å². The molecule has 150 valence electrons. The largest absolute Gasteiger partial charge is 0.389 e. The van der Waals surface area contributed by atoms with Gasteiger partial charge >= 0.3 is 0 Å². The van der Waals surface area contributed by atoms with Crippen LogP contribution in [-0.4, -0.2) is 23.1 Å². The van der Waals surface area contributed by atoms with Gasteiger partial charge in [-0.2, -0.15) is 0 Å². The van der Waals surface area contributed by atoms with E-state index in [0.717, 1.165) is 23.1 Å². The van der Waals surface area contributed by atoms with Crippen molar-refractivity contribution < 1.29 is 14.6 Å². The number of aliphatic hydroxyl groups is 1. The molecule has 0 saturated carbocycles. The van der Waals surface area contributed by atoms with Crippen LogP contribution < -0.4 is 0 Å². The monoisotopic (exact) mass is 380 g/mol. The van der Waals surface area contributed by atoms with Gasteiger partial charge < -0.3 is 9.84 Å². The summed E-state index contributed by atoms with van der Waals surface area (Å²) >= 11 is 0. The van der Waals surface area contributed by atoms with Gasteiger partial charge in [-0.3, -0.25) is 4.79 Å². The molecule has 3 rings (SSSR count). The molecule has 1 aromatic carbocycles. The van der Waals surface area contributed by atoms with Crippen molar-refractivity contribution >= 4 is 5.78 Å². The highest BCUT2D eigenvalue weighted by molar-refractivity contribution is 6.00. The fourth-order valence-corrected chi connectivity index (χ4v) is 4.25. The number of ether oxygens (including phenoxy) is 1. The first-order chi connectivity index (χ1) is 13.4. The van der Waals surface area contributed by atoms with E-state index in [9.17, 15) is 9.90 Å². The Hall–Kier alpha value is -1.97. The lowest BCUT2D eigenvalue weighted by Crippen LogP contribution is -2.17. The van der Waals surface area contributed by atoms with Crippen molar-refractivity contribution in [3.63, 3.8) is 0 Å². The van der Waals surface area contributed by atoms with Crippen molar-refractivity contribution in [1.82, 2.24) is 0 Å². The third kappa shape index (κ3) is 5.30. The standard InChI is InChI=1S/C25H32O3/c1-17-9-10-21(26)14-19(3)25-23(18(2)15-24(25)27)12-11-22(13-17)28-16-20-7-5-4-6-8-20/h4-12,17-19,21-22,26H,13-16H2,1-3H3/b10-9+,12-11+/t17-,18+,19+,21-,22-/m1/s1. The van der Waals surface area contributed by atoms with Crippen LogP contribution in [0.2, 0.25) is 0 Å². The first-order valence-corrected chi connectivity index (χ1v) is 10.4. The van der Waals surface area contributed by atoms with Gasteiger partial charge in [-0.15, -0.1) is 0 Å². The molecule has 0 bridgehead atoms. The molecule has 5 atom stereocenters. The van der Waals surface area contributed by atoms with Gasteiger partial charge in [0.2, 0.25) is 0 Å². The molecule has 1 N–H and O–H groups in total. The second-order valence-electron chi connectivity index (χ2n) is 8.39. The Labute approximate surface area is 168 Å². The SMILES string of the molecule is C[C@@H]1/C=C/[C@@H](O)C[C@H](C)C2=C(/C=C/[C@@H](OCc3ccccc3)C1)[C@@H](C)CC2=O. The number of allylic oxidation sites excluding steroid dienone is 4. The maximum absolute atomic E-state index is 12.6. The van der Waals surface area contributed by atoms with Crippen LogP contribution >= 0.6 is 0 Å². The molecule has 0 spiro atoms. The topological polar surface area (TPSA) is 46.5 Å². The van der Waals surface area contributed by atoms with Crippen molar-refractivity contribution in [3.05, 3.63) is 71.3 Å². The lowest BCUT2D eigenvalue weighted by Gasteiger charge is -2.21. The molecule has 0 amide bonds. The number of aliphatic hydroxyl groups excluding tert-OH is 1. The number of carbonyl (C=O) groups excluding carboxylic acids is 1. The van der Waals surface area contributed by atoms with Crippen LogP contribution in [0, 0.1) is 17.8 Å². The summed E-state index contributed by atoms with van der Waals surface area (Å²) in [5, 5.41) is 10.4. The Morgan fingerprint density at radius 3 is 2.50 bits per heavy atom. The van der Waals surface area contributed by atoms with Crippen LogP contribution in [0.1, 0.15) is 45.6 Å². The normalized spacial score (nSPS) is 33.7. The minimum Gasteiger partial charge on any atom is -0.389 e. The van der Waals surface area contributed by atoms with Gasteiger partial charge in [0, 0.05) is 12.0 Å². The maximum Gasteiger partial charge on any atom is 0.160 e. The number of Topliss-reactive ketones (excluding diaryl/α,β-unsaturated/α-hetero) is 1. The Bertz CT molecular complexity index is 759. The zero-order valence-electron chi connectivity index (χ0n) is 17.2. The first-order valence-electron chi connectivity index (χ1n) is 10.4.